The lowest BCUT2D eigenvalue weighted by molar-refractivity contribution is -0.0584. The molecule has 0 bridgehead atoms. The van der Waals surface area contributed by atoms with Crippen molar-refractivity contribution in [1.82, 2.24) is 14.6 Å². The second kappa shape index (κ2) is 6.31. The quantitative estimate of drug-likeness (QED) is 0.680. The van der Waals surface area contributed by atoms with Gasteiger partial charge in [-0.3, -0.25) is 19.0 Å². The summed E-state index contributed by atoms with van der Waals surface area (Å²) in [6.07, 6.45) is 0. The van der Waals surface area contributed by atoms with Crippen LogP contribution in [-0.4, -0.2) is 32.4 Å². The van der Waals surface area contributed by atoms with Crippen LogP contribution >= 0.6 is 0 Å². The number of hydroxylamine groups is 2. The van der Waals surface area contributed by atoms with E-state index in [4.69, 9.17) is 4.84 Å². The van der Waals surface area contributed by atoms with E-state index in [0.29, 0.717) is 5.06 Å². The molecule has 0 unspecified atom stereocenters. The average molecular weight is 379 g/mol. The van der Waals surface area contributed by atoms with Crippen LogP contribution in [0.25, 0.3) is 10.9 Å². The van der Waals surface area contributed by atoms with Crippen LogP contribution in [-0.2, 0) is 11.4 Å². The second-order valence-electron chi connectivity index (χ2n) is 6.07. The predicted molar refractivity (Wildman–Crippen MR) is 96.9 cm³/mol. The lowest BCUT2D eigenvalue weighted by Crippen LogP contribution is -2.34. The van der Waals surface area contributed by atoms with Crippen molar-refractivity contribution in [1.29, 1.82) is 0 Å². The minimum Gasteiger partial charge on any atom is -0.324 e. The lowest BCUT2D eigenvalue weighted by Gasteiger charge is -2.13. The fourth-order valence-electron chi connectivity index (χ4n) is 3.05. The summed E-state index contributed by atoms with van der Waals surface area (Å²) >= 11 is 0. The topological polar surface area (TPSA) is 119 Å². The van der Waals surface area contributed by atoms with E-state index >= 15 is 0 Å². The van der Waals surface area contributed by atoms with Crippen LogP contribution in [0.15, 0.2) is 52.1 Å². The van der Waals surface area contributed by atoms with E-state index < -0.39 is 29.0 Å². The van der Waals surface area contributed by atoms with Gasteiger partial charge in [0.05, 0.1) is 27.6 Å². The molecule has 1 aromatic heterocycles. The Kier molecular flexibility index (Phi) is 3.92. The SMILES string of the molecule is CCn1c(=O)[nH]c2cc(C(=O)ON3C(=O)c4ccccc4C3=O)ccc2c1=O. The number of fused-ring (bicyclic) bond motifs is 2. The van der Waals surface area contributed by atoms with E-state index in [2.05, 4.69) is 4.98 Å². The number of nitrogens with one attached hydrogen (secondary N) is 1. The Labute approximate surface area is 156 Å². The van der Waals surface area contributed by atoms with Gasteiger partial charge < -0.3 is 9.82 Å². The Balaban J connectivity index is 1.67. The molecule has 0 aliphatic carbocycles. The smallest absolute Gasteiger partial charge is 0.324 e. The molecule has 9 nitrogen and oxygen atoms in total. The molecule has 2 amide bonds. The van der Waals surface area contributed by atoms with Crippen LogP contribution < -0.4 is 11.2 Å². The first-order valence-electron chi connectivity index (χ1n) is 8.39. The maximum Gasteiger partial charge on any atom is 0.364 e. The highest BCUT2D eigenvalue weighted by atomic mass is 16.7. The number of H-pyrrole nitrogens is 1. The van der Waals surface area contributed by atoms with Crippen molar-refractivity contribution in [3.05, 3.63) is 80.0 Å². The zero-order valence-corrected chi connectivity index (χ0v) is 14.6. The predicted octanol–water partition coefficient (Wildman–Crippen LogP) is 1.08. The van der Waals surface area contributed by atoms with Crippen LogP contribution in [0.3, 0.4) is 0 Å². The zero-order valence-electron chi connectivity index (χ0n) is 14.6. The van der Waals surface area contributed by atoms with Crippen LogP contribution in [0, 0.1) is 0 Å². The first-order chi connectivity index (χ1) is 13.4. The molecule has 140 valence electrons. The third kappa shape index (κ3) is 2.52. The van der Waals surface area contributed by atoms with Crippen molar-refractivity contribution in [3.8, 4) is 0 Å². The summed E-state index contributed by atoms with van der Waals surface area (Å²) in [6.45, 7) is 1.87. The lowest BCUT2D eigenvalue weighted by atomic mass is 10.1. The summed E-state index contributed by atoms with van der Waals surface area (Å²) in [5.74, 6) is -2.46. The molecule has 28 heavy (non-hydrogen) atoms. The van der Waals surface area contributed by atoms with E-state index in [9.17, 15) is 24.0 Å². The van der Waals surface area contributed by atoms with Crippen molar-refractivity contribution < 1.29 is 19.2 Å². The maximum absolute atomic E-state index is 12.4. The van der Waals surface area contributed by atoms with Gasteiger partial charge in [-0.25, -0.2) is 9.59 Å². The van der Waals surface area contributed by atoms with Crippen molar-refractivity contribution in [2.75, 3.05) is 0 Å². The number of carbonyl (C=O) groups excluding carboxylic acids is 3. The fraction of sp³-hybridized carbons (Fsp3) is 0.105. The Hall–Kier alpha value is -4.01. The number of hydrogen-bond acceptors (Lipinski definition) is 6. The van der Waals surface area contributed by atoms with Gasteiger partial charge in [0.15, 0.2) is 0 Å². The van der Waals surface area contributed by atoms with Gasteiger partial charge in [-0.15, -0.1) is 0 Å². The Morgan fingerprint density at radius 2 is 1.64 bits per heavy atom. The molecule has 1 N–H and O–H groups in total. The molecule has 9 heteroatoms. The minimum atomic E-state index is -0.975. The number of aromatic amines is 1. The van der Waals surface area contributed by atoms with Gasteiger partial charge in [0, 0.05) is 6.54 Å². The maximum atomic E-state index is 12.4. The van der Waals surface area contributed by atoms with Gasteiger partial charge in [0.25, 0.3) is 17.4 Å². The highest BCUT2D eigenvalue weighted by Crippen LogP contribution is 2.23. The van der Waals surface area contributed by atoms with Crippen LogP contribution in [0.5, 0.6) is 0 Å². The number of aromatic nitrogens is 2. The molecule has 0 radical (unpaired) electrons. The highest BCUT2D eigenvalue weighted by Gasteiger charge is 2.38. The zero-order chi connectivity index (χ0) is 20.0. The third-order valence-corrected chi connectivity index (χ3v) is 4.46. The molecular formula is C19H13N3O6. The van der Waals surface area contributed by atoms with Gasteiger partial charge in [-0.1, -0.05) is 17.2 Å². The molecule has 0 saturated carbocycles. The number of carbonyl (C=O) groups is 3. The molecule has 0 saturated heterocycles. The van der Waals surface area contributed by atoms with Gasteiger partial charge >= 0.3 is 11.7 Å². The first-order valence-corrected chi connectivity index (χ1v) is 8.39. The van der Waals surface area contributed by atoms with Gasteiger partial charge in [0.1, 0.15) is 0 Å². The van der Waals surface area contributed by atoms with Crippen molar-refractivity contribution in [2.45, 2.75) is 13.5 Å². The minimum absolute atomic E-state index is 0.0339. The normalized spacial score (nSPS) is 13.1. The van der Waals surface area contributed by atoms with E-state index in [1.54, 1.807) is 19.1 Å². The molecular weight excluding hydrogens is 366 g/mol. The molecule has 0 spiro atoms. The molecule has 1 aliphatic rings. The summed E-state index contributed by atoms with van der Waals surface area (Å²) in [4.78, 5) is 68.7. The summed E-state index contributed by atoms with van der Waals surface area (Å²) in [7, 11) is 0. The van der Waals surface area contributed by atoms with Crippen molar-refractivity contribution >= 4 is 28.7 Å². The monoisotopic (exact) mass is 379 g/mol. The highest BCUT2D eigenvalue weighted by molar-refractivity contribution is 6.21. The van der Waals surface area contributed by atoms with E-state index in [-0.39, 0.29) is 34.1 Å². The van der Waals surface area contributed by atoms with Gasteiger partial charge in [-0.2, -0.15) is 0 Å². The number of rotatable bonds is 3. The van der Waals surface area contributed by atoms with Crippen LogP contribution in [0.2, 0.25) is 0 Å². The largest absolute Gasteiger partial charge is 0.364 e. The van der Waals surface area contributed by atoms with Gasteiger partial charge in [-0.05, 0) is 37.3 Å². The summed E-state index contributed by atoms with van der Waals surface area (Å²) in [6, 6.07) is 10.1. The molecule has 0 fully saturated rings. The third-order valence-electron chi connectivity index (χ3n) is 4.46. The molecule has 2 aromatic carbocycles. The van der Waals surface area contributed by atoms with Crippen molar-refractivity contribution in [2.24, 2.45) is 0 Å². The number of imide groups is 1. The summed E-state index contributed by atoms with van der Waals surface area (Å²) in [5.41, 5.74) is -0.691. The standard InChI is InChI=1S/C19H13N3O6/c1-2-21-15(23)13-8-7-10(9-14(13)20-19(21)27)18(26)28-22-16(24)11-5-3-4-6-12(11)17(22)25/h3-9H,2H2,1H3,(H,20,27). The molecule has 2 heterocycles. The second-order valence-corrected chi connectivity index (χ2v) is 6.07. The first kappa shape index (κ1) is 17.4. The summed E-state index contributed by atoms with van der Waals surface area (Å²) in [5, 5.41) is 0.619. The summed E-state index contributed by atoms with van der Waals surface area (Å²) < 4.78 is 1.03. The molecule has 0 atom stereocenters. The Morgan fingerprint density at radius 1 is 1.00 bits per heavy atom. The van der Waals surface area contributed by atoms with Gasteiger partial charge in [0.2, 0.25) is 0 Å². The van der Waals surface area contributed by atoms with E-state index in [0.717, 1.165) is 4.57 Å². The Bertz CT molecular complexity index is 1250. The number of benzene rings is 2. The van der Waals surface area contributed by atoms with E-state index in [1.165, 1.54) is 30.3 Å². The molecule has 1 aliphatic heterocycles. The average Bonchev–Trinajstić information content (AvgIpc) is 2.93. The van der Waals surface area contributed by atoms with Crippen LogP contribution in [0.1, 0.15) is 38.0 Å². The number of hydrogen-bond donors (Lipinski definition) is 1. The van der Waals surface area contributed by atoms with Crippen molar-refractivity contribution in [3.63, 3.8) is 0 Å². The number of nitrogens with zero attached hydrogens (tertiary/aromatic N) is 2. The Morgan fingerprint density at radius 3 is 2.25 bits per heavy atom. The van der Waals surface area contributed by atoms with Crippen LogP contribution in [0.4, 0.5) is 0 Å². The number of amides is 2. The van der Waals surface area contributed by atoms with E-state index in [1.807, 2.05) is 0 Å². The molecule has 3 aromatic rings. The molecule has 4 rings (SSSR count). The fourth-order valence-corrected chi connectivity index (χ4v) is 3.05.